The van der Waals surface area contributed by atoms with Crippen molar-refractivity contribution in [3.8, 4) is 0 Å². The summed E-state index contributed by atoms with van der Waals surface area (Å²) in [7, 11) is -2.90. The van der Waals surface area contributed by atoms with Gasteiger partial charge < -0.3 is 19.1 Å². The van der Waals surface area contributed by atoms with Crippen molar-refractivity contribution in [3.63, 3.8) is 0 Å². The topological polar surface area (TPSA) is 69.6 Å². The van der Waals surface area contributed by atoms with E-state index < -0.39 is 14.7 Å². The van der Waals surface area contributed by atoms with Crippen LogP contribution in [0.25, 0.3) is 0 Å². The quantitative estimate of drug-likeness (QED) is 0.437. The van der Waals surface area contributed by atoms with E-state index in [0.29, 0.717) is 6.04 Å². The summed E-state index contributed by atoms with van der Waals surface area (Å²) in [6.07, 6.45) is -1.64. The van der Waals surface area contributed by atoms with Crippen LogP contribution in [0.5, 0.6) is 0 Å². The molecule has 54 valence electrons. The zero-order chi connectivity index (χ0) is 7.49. The number of carboxylic acid groups (broad SMARTS) is 1. The van der Waals surface area contributed by atoms with Crippen LogP contribution in [0.15, 0.2) is 0 Å². The van der Waals surface area contributed by atoms with Crippen molar-refractivity contribution in [1.82, 2.24) is 0 Å². The Labute approximate surface area is 82.7 Å². The van der Waals surface area contributed by atoms with Crippen LogP contribution >= 0.6 is 0 Å². The molecule has 0 fully saturated rings. The van der Waals surface area contributed by atoms with E-state index in [0.717, 1.165) is 0 Å². The molecule has 0 aromatic rings. The molecule has 0 saturated carbocycles. The number of carbonyl (C=O) groups excluding carboxylic acids is 1. The van der Waals surface area contributed by atoms with Crippen molar-refractivity contribution < 1.29 is 48.7 Å². The largest absolute Gasteiger partial charge is 1.00 e. The minimum atomic E-state index is -2.90. The molecular weight excluding hydrogens is 163 g/mol. The van der Waals surface area contributed by atoms with E-state index in [1.165, 1.54) is 6.55 Å². The molecule has 0 heterocycles. The molecule has 0 spiro atoms. The molecule has 0 saturated heterocycles. The predicted molar refractivity (Wildman–Crippen MR) is 30.8 cm³/mol. The van der Waals surface area contributed by atoms with Gasteiger partial charge in [-0.25, -0.2) is 0 Å². The van der Waals surface area contributed by atoms with Crippen LogP contribution in [0.4, 0.5) is 4.79 Å². The SMILES string of the molecule is CC[Si](C)(O)OC(=O)[O-].[Na+]. The maximum absolute atomic E-state index is 9.72. The van der Waals surface area contributed by atoms with Crippen LogP contribution < -0.4 is 34.7 Å². The van der Waals surface area contributed by atoms with Gasteiger partial charge in [0, 0.05) is 0 Å². The molecule has 0 rings (SSSR count). The summed E-state index contributed by atoms with van der Waals surface area (Å²) < 4.78 is 4.09. The Bertz CT molecular complexity index is 116. The molecule has 0 radical (unpaired) electrons. The van der Waals surface area contributed by atoms with E-state index in [4.69, 9.17) is 4.80 Å². The molecule has 0 aromatic heterocycles. The Kier molecular flexibility index (Phi) is 6.72. The van der Waals surface area contributed by atoms with E-state index in [-0.39, 0.29) is 29.6 Å². The molecular formula is C4H9NaO4Si. The van der Waals surface area contributed by atoms with Crippen molar-refractivity contribution in [2.75, 3.05) is 0 Å². The van der Waals surface area contributed by atoms with Gasteiger partial charge in [0.15, 0.2) is 0 Å². The van der Waals surface area contributed by atoms with Gasteiger partial charge in [-0.3, -0.25) is 0 Å². The predicted octanol–water partition coefficient (Wildman–Crippen LogP) is -3.57. The zero-order valence-corrected chi connectivity index (χ0v) is 9.38. The molecule has 6 heteroatoms. The summed E-state index contributed by atoms with van der Waals surface area (Å²) in [5, 5.41) is 9.72. The van der Waals surface area contributed by atoms with Crippen LogP contribution in [-0.2, 0) is 4.43 Å². The Morgan fingerprint density at radius 1 is 1.80 bits per heavy atom. The maximum atomic E-state index is 9.72. The average molecular weight is 172 g/mol. The molecule has 0 aliphatic rings. The Balaban J connectivity index is 0. The second-order valence-corrected chi connectivity index (χ2v) is 5.14. The minimum absolute atomic E-state index is 0. The van der Waals surface area contributed by atoms with Gasteiger partial charge in [0.05, 0.1) is 0 Å². The molecule has 1 N–H and O–H groups in total. The fourth-order valence-electron chi connectivity index (χ4n) is 0.252. The van der Waals surface area contributed by atoms with E-state index in [1.807, 2.05) is 0 Å². The summed E-state index contributed by atoms with van der Waals surface area (Å²) in [5.74, 6) is 0. The fourth-order valence-corrected chi connectivity index (χ4v) is 0.755. The third-order valence-electron chi connectivity index (χ3n) is 0.959. The molecule has 0 aromatic carbocycles. The van der Waals surface area contributed by atoms with Crippen molar-refractivity contribution >= 4 is 14.7 Å². The number of carbonyl (C=O) groups is 1. The third-order valence-corrected chi connectivity index (χ3v) is 2.88. The van der Waals surface area contributed by atoms with Crippen LogP contribution in [-0.4, -0.2) is 19.5 Å². The van der Waals surface area contributed by atoms with Gasteiger partial charge in [0.2, 0.25) is 6.16 Å². The standard InChI is InChI=1S/C4H10O4Si.Na/c1-3-9(2,7)8-4(5)6;/h7H,3H2,1-2H3,(H,5,6);/q;+1/p-1. The van der Waals surface area contributed by atoms with E-state index in [2.05, 4.69) is 4.43 Å². The fraction of sp³-hybridized carbons (Fsp3) is 0.750. The summed E-state index contributed by atoms with van der Waals surface area (Å²) in [6.45, 7) is 3.05. The van der Waals surface area contributed by atoms with E-state index in [1.54, 1.807) is 6.92 Å². The molecule has 4 nitrogen and oxygen atoms in total. The van der Waals surface area contributed by atoms with Crippen LogP contribution in [0.1, 0.15) is 6.92 Å². The van der Waals surface area contributed by atoms with Crippen molar-refractivity contribution in [1.29, 1.82) is 0 Å². The summed E-state index contributed by atoms with van der Waals surface area (Å²) in [4.78, 5) is 18.7. The Morgan fingerprint density at radius 3 is 2.30 bits per heavy atom. The summed E-state index contributed by atoms with van der Waals surface area (Å²) in [6, 6.07) is 0.348. The molecule has 0 amide bonds. The third kappa shape index (κ3) is 6.57. The first-order chi connectivity index (χ1) is 3.98. The normalized spacial score (nSPS) is 14.7. The van der Waals surface area contributed by atoms with Gasteiger partial charge >= 0.3 is 38.1 Å². The van der Waals surface area contributed by atoms with Crippen molar-refractivity contribution in [2.45, 2.75) is 19.5 Å². The Morgan fingerprint density at radius 2 is 2.20 bits per heavy atom. The van der Waals surface area contributed by atoms with E-state index in [9.17, 15) is 9.90 Å². The van der Waals surface area contributed by atoms with Crippen LogP contribution in [0.3, 0.4) is 0 Å². The molecule has 10 heavy (non-hydrogen) atoms. The zero-order valence-electron chi connectivity index (χ0n) is 6.38. The minimum Gasteiger partial charge on any atom is -0.558 e. The monoisotopic (exact) mass is 172 g/mol. The molecule has 0 aliphatic carbocycles. The van der Waals surface area contributed by atoms with Crippen LogP contribution in [0, 0.1) is 0 Å². The van der Waals surface area contributed by atoms with Gasteiger partial charge in [-0.15, -0.1) is 0 Å². The second-order valence-electron chi connectivity index (χ2n) is 1.88. The van der Waals surface area contributed by atoms with Gasteiger partial charge in [-0.05, 0) is 12.6 Å². The first-order valence-electron chi connectivity index (χ1n) is 2.60. The Hall–Kier alpha value is 0.447. The van der Waals surface area contributed by atoms with Gasteiger partial charge in [-0.2, -0.15) is 0 Å². The van der Waals surface area contributed by atoms with Gasteiger partial charge in [0.1, 0.15) is 0 Å². The van der Waals surface area contributed by atoms with Crippen molar-refractivity contribution in [2.24, 2.45) is 0 Å². The van der Waals surface area contributed by atoms with Crippen LogP contribution in [0.2, 0.25) is 12.6 Å². The first kappa shape index (κ1) is 13.1. The average Bonchev–Trinajstić information content (AvgIpc) is 1.63. The van der Waals surface area contributed by atoms with Gasteiger partial charge in [-0.1, -0.05) is 6.92 Å². The summed E-state index contributed by atoms with van der Waals surface area (Å²) >= 11 is 0. The van der Waals surface area contributed by atoms with E-state index >= 15 is 0 Å². The number of hydrogen-bond acceptors (Lipinski definition) is 4. The molecule has 0 aliphatic heterocycles. The molecule has 1 atom stereocenters. The first-order valence-corrected chi connectivity index (χ1v) is 5.16. The smallest absolute Gasteiger partial charge is 0.558 e. The molecule has 0 bridgehead atoms. The number of hydrogen-bond donors (Lipinski definition) is 1. The van der Waals surface area contributed by atoms with Gasteiger partial charge in [0.25, 0.3) is 0 Å². The second kappa shape index (κ2) is 5.14. The maximum Gasteiger partial charge on any atom is 1.00 e. The van der Waals surface area contributed by atoms with Crippen molar-refractivity contribution in [3.05, 3.63) is 0 Å². The molecule has 1 unspecified atom stereocenters. The number of rotatable bonds is 2. The summed E-state index contributed by atoms with van der Waals surface area (Å²) in [5.41, 5.74) is 0.